The summed E-state index contributed by atoms with van der Waals surface area (Å²) >= 11 is 0. The summed E-state index contributed by atoms with van der Waals surface area (Å²) in [6.07, 6.45) is 1.61. The highest BCUT2D eigenvalue weighted by Gasteiger charge is 2.05. The number of nitrogens with zero attached hydrogens (tertiary/aromatic N) is 1. The summed E-state index contributed by atoms with van der Waals surface area (Å²) < 4.78 is 9.61. The Hall–Kier alpha value is -1.78. The molecule has 5 nitrogen and oxygen atoms in total. The molecule has 0 radical (unpaired) electrons. The van der Waals surface area contributed by atoms with Crippen LogP contribution in [-0.2, 0) is 9.53 Å². The number of methoxy groups -OCH3 is 2. The topological polar surface area (TPSA) is 60.5 Å². The molecule has 1 heterocycles. The molecular formula is C10H14N2O3. The van der Waals surface area contributed by atoms with Gasteiger partial charge in [-0.1, -0.05) is 0 Å². The lowest BCUT2D eigenvalue weighted by Crippen LogP contribution is -2.15. The Balaban J connectivity index is 2.74. The van der Waals surface area contributed by atoms with Gasteiger partial charge in [0.2, 0.25) is 0 Å². The number of carbonyl (C=O) groups is 1. The normalized spacial score (nSPS) is 9.53. The second-order valence-corrected chi connectivity index (χ2v) is 2.96. The van der Waals surface area contributed by atoms with Crippen molar-refractivity contribution < 1.29 is 14.3 Å². The number of aromatic nitrogens is 1. The Morgan fingerprint density at radius 3 is 2.87 bits per heavy atom. The lowest BCUT2D eigenvalue weighted by Gasteiger charge is -2.10. The molecule has 0 spiro atoms. The first-order valence-corrected chi connectivity index (χ1v) is 4.48. The molecule has 15 heavy (non-hydrogen) atoms. The van der Waals surface area contributed by atoms with E-state index in [0.717, 1.165) is 11.4 Å². The van der Waals surface area contributed by atoms with E-state index in [0.29, 0.717) is 5.75 Å². The summed E-state index contributed by atoms with van der Waals surface area (Å²) in [5, 5.41) is 2.92. The molecule has 0 saturated heterocycles. The van der Waals surface area contributed by atoms with Crippen molar-refractivity contribution in [2.24, 2.45) is 0 Å². The van der Waals surface area contributed by atoms with Gasteiger partial charge in [0.1, 0.15) is 6.54 Å². The van der Waals surface area contributed by atoms with E-state index in [-0.39, 0.29) is 12.5 Å². The maximum atomic E-state index is 10.9. The van der Waals surface area contributed by atoms with Crippen molar-refractivity contribution in [2.75, 3.05) is 26.1 Å². The third-order valence-electron chi connectivity index (χ3n) is 1.87. The fourth-order valence-electron chi connectivity index (χ4n) is 1.09. The minimum Gasteiger partial charge on any atom is -0.493 e. The molecule has 0 atom stereocenters. The van der Waals surface area contributed by atoms with Gasteiger partial charge in [0.15, 0.2) is 5.75 Å². The Kier molecular flexibility index (Phi) is 3.91. The number of nitrogens with one attached hydrogen (secondary N) is 1. The van der Waals surface area contributed by atoms with Crippen LogP contribution in [0.25, 0.3) is 0 Å². The van der Waals surface area contributed by atoms with Gasteiger partial charge in [-0.2, -0.15) is 0 Å². The Morgan fingerprint density at radius 1 is 1.53 bits per heavy atom. The fourth-order valence-corrected chi connectivity index (χ4v) is 1.09. The van der Waals surface area contributed by atoms with Crippen molar-refractivity contribution in [1.29, 1.82) is 0 Å². The molecule has 0 bridgehead atoms. The summed E-state index contributed by atoms with van der Waals surface area (Å²) in [5.74, 6) is 0.274. The van der Waals surface area contributed by atoms with Crippen LogP contribution in [-0.4, -0.2) is 31.7 Å². The SMILES string of the molecule is COC(=O)CNc1cc(C)ncc1OC. The van der Waals surface area contributed by atoms with Gasteiger partial charge in [-0.25, -0.2) is 0 Å². The van der Waals surface area contributed by atoms with E-state index in [9.17, 15) is 4.79 Å². The number of hydrogen-bond acceptors (Lipinski definition) is 5. The third-order valence-corrected chi connectivity index (χ3v) is 1.87. The summed E-state index contributed by atoms with van der Waals surface area (Å²) in [7, 11) is 2.90. The Labute approximate surface area is 88.4 Å². The number of esters is 1. The van der Waals surface area contributed by atoms with Gasteiger partial charge < -0.3 is 14.8 Å². The zero-order chi connectivity index (χ0) is 11.3. The van der Waals surface area contributed by atoms with E-state index in [2.05, 4.69) is 15.0 Å². The van der Waals surface area contributed by atoms with Gasteiger partial charge in [0, 0.05) is 5.69 Å². The lowest BCUT2D eigenvalue weighted by atomic mass is 10.3. The number of pyridine rings is 1. The van der Waals surface area contributed by atoms with Gasteiger partial charge in [-0.3, -0.25) is 9.78 Å². The van der Waals surface area contributed by atoms with Gasteiger partial charge >= 0.3 is 5.97 Å². The maximum Gasteiger partial charge on any atom is 0.325 e. The lowest BCUT2D eigenvalue weighted by molar-refractivity contribution is -0.138. The standard InChI is InChI=1S/C10H14N2O3/c1-7-4-8(9(14-2)5-11-7)12-6-10(13)15-3/h4-5H,6H2,1-3H3,(H,11,12). The minimum absolute atomic E-state index is 0.107. The molecule has 0 unspecified atom stereocenters. The predicted octanol–water partition coefficient (Wildman–Crippen LogP) is 0.984. The summed E-state index contributed by atoms with van der Waals surface area (Å²) in [6, 6.07) is 1.81. The van der Waals surface area contributed by atoms with Gasteiger partial charge in [-0.05, 0) is 13.0 Å². The first-order chi connectivity index (χ1) is 7.17. The monoisotopic (exact) mass is 210 g/mol. The quantitative estimate of drug-likeness (QED) is 0.751. The van der Waals surface area contributed by atoms with E-state index >= 15 is 0 Å². The van der Waals surface area contributed by atoms with E-state index in [1.54, 1.807) is 13.3 Å². The molecule has 0 aliphatic heterocycles. The predicted molar refractivity (Wildman–Crippen MR) is 56.0 cm³/mol. The average Bonchev–Trinajstić information content (AvgIpc) is 2.26. The van der Waals surface area contributed by atoms with Crippen LogP contribution in [0.1, 0.15) is 5.69 Å². The summed E-state index contributed by atoms with van der Waals surface area (Å²) in [5.41, 5.74) is 1.58. The van der Waals surface area contributed by atoms with Gasteiger partial charge in [-0.15, -0.1) is 0 Å². The molecule has 0 fully saturated rings. The minimum atomic E-state index is -0.327. The molecule has 1 N–H and O–H groups in total. The number of rotatable bonds is 4. The molecule has 1 rings (SSSR count). The molecular weight excluding hydrogens is 196 g/mol. The highest BCUT2D eigenvalue weighted by Crippen LogP contribution is 2.22. The summed E-state index contributed by atoms with van der Waals surface area (Å²) in [4.78, 5) is 15.0. The highest BCUT2D eigenvalue weighted by molar-refractivity contribution is 5.75. The van der Waals surface area contributed by atoms with Crippen molar-refractivity contribution in [3.8, 4) is 5.75 Å². The smallest absolute Gasteiger partial charge is 0.325 e. The van der Waals surface area contributed by atoms with Crippen LogP contribution in [0, 0.1) is 6.92 Å². The zero-order valence-electron chi connectivity index (χ0n) is 9.03. The molecule has 0 aliphatic carbocycles. The molecule has 0 aliphatic rings. The van der Waals surface area contributed by atoms with E-state index in [4.69, 9.17) is 4.74 Å². The zero-order valence-corrected chi connectivity index (χ0v) is 9.03. The number of anilines is 1. The van der Waals surface area contributed by atoms with Crippen LogP contribution < -0.4 is 10.1 Å². The number of aryl methyl sites for hydroxylation is 1. The van der Waals surface area contributed by atoms with Crippen LogP contribution in [0.3, 0.4) is 0 Å². The number of hydrogen-bond donors (Lipinski definition) is 1. The molecule has 0 saturated carbocycles. The fraction of sp³-hybridized carbons (Fsp3) is 0.400. The van der Waals surface area contributed by atoms with Crippen LogP contribution in [0.4, 0.5) is 5.69 Å². The van der Waals surface area contributed by atoms with Gasteiger partial charge in [0.25, 0.3) is 0 Å². The average molecular weight is 210 g/mol. The van der Waals surface area contributed by atoms with Crippen LogP contribution in [0.5, 0.6) is 5.75 Å². The van der Waals surface area contributed by atoms with E-state index < -0.39 is 0 Å². The first-order valence-electron chi connectivity index (χ1n) is 4.48. The van der Waals surface area contributed by atoms with E-state index in [1.807, 2.05) is 13.0 Å². The van der Waals surface area contributed by atoms with Crippen LogP contribution >= 0.6 is 0 Å². The third kappa shape index (κ3) is 3.12. The highest BCUT2D eigenvalue weighted by atomic mass is 16.5. The molecule has 82 valence electrons. The molecule has 1 aromatic heterocycles. The second-order valence-electron chi connectivity index (χ2n) is 2.96. The molecule has 0 amide bonds. The largest absolute Gasteiger partial charge is 0.493 e. The van der Waals surface area contributed by atoms with Crippen molar-refractivity contribution in [1.82, 2.24) is 4.98 Å². The van der Waals surface area contributed by atoms with E-state index in [1.165, 1.54) is 7.11 Å². The van der Waals surface area contributed by atoms with Crippen molar-refractivity contribution in [3.63, 3.8) is 0 Å². The molecule has 1 aromatic rings. The second kappa shape index (κ2) is 5.19. The molecule has 0 aromatic carbocycles. The van der Waals surface area contributed by atoms with Crippen molar-refractivity contribution in [2.45, 2.75) is 6.92 Å². The van der Waals surface area contributed by atoms with Crippen LogP contribution in [0.2, 0.25) is 0 Å². The first kappa shape index (κ1) is 11.3. The Bertz CT molecular complexity index is 353. The van der Waals surface area contributed by atoms with Crippen LogP contribution in [0.15, 0.2) is 12.3 Å². The number of ether oxygens (including phenoxy) is 2. The van der Waals surface area contributed by atoms with Gasteiger partial charge in [0.05, 0.1) is 26.1 Å². The number of carbonyl (C=O) groups excluding carboxylic acids is 1. The van der Waals surface area contributed by atoms with Crippen molar-refractivity contribution in [3.05, 3.63) is 18.0 Å². The Morgan fingerprint density at radius 2 is 2.27 bits per heavy atom. The summed E-state index contributed by atoms with van der Waals surface area (Å²) in [6.45, 7) is 1.97. The van der Waals surface area contributed by atoms with Crippen molar-refractivity contribution >= 4 is 11.7 Å². The molecule has 5 heteroatoms. The maximum absolute atomic E-state index is 10.9.